The van der Waals surface area contributed by atoms with Crippen LogP contribution in [0.2, 0.25) is 0 Å². The van der Waals surface area contributed by atoms with Crippen LogP contribution in [0.3, 0.4) is 0 Å². The molecule has 0 amide bonds. The average molecular weight is 213 g/mol. The molecule has 2 aromatic carbocycles. The zero-order valence-electron chi connectivity index (χ0n) is 8.53. The molecule has 16 heavy (non-hydrogen) atoms. The van der Waals surface area contributed by atoms with E-state index in [0.29, 0.717) is 28.2 Å². The van der Waals surface area contributed by atoms with E-state index in [4.69, 9.17) is 21.6 Å². The van der Waals surface area contributed by atoms with Crippen LogP contribution in [0.1, 0.15) is 0 Å². The molecule has 0 radical (unpaired) electrons. The summed E-state index contributed by atoms with van der Waals surface area (Å²) in [6.07, 6.45) is 0. The summed E-state index contributed by atoms with van der Waals surface area (Å²) in [6.45, 7) is 0. The fourth-order valence-electron chi connectivity index (χ4n) is 1.97. The molecular formula is C12H11N3O. The maximum absolute atomic E-state index is 5.86. The maximum Gasteiger partial charge on any atom is 0.158 e. The number of hydrogen-bond donors (Lipinski definition) is 3. The molecule has 0 aliphatic heterocycles. The van der Waals surface area contributed by atoms with E-state index in [0.717, 1.165) is 10.8 Å². The van der Waals surface area contributed by atoms with Gasteiger partial charge in [0, 0.05) is 16.5 Å². The molecular weight excluding hydrogens is 202 g/mol. The lowest BCUT2D eigenvalue weighted by molar-refractivity contribution is 0.672. The molecule has 0 saturated heterocycles. The van der Waals surface area contributed by atoms with Crippen LogP contribution >= 0.6 is 0 Å². The Bertz CT molecular complexity index is 700. The van der Waals surface area contributed by atoms with Gasteiger partial charge in [-0.05, 0) is 18.2 Å². The van der Waals surface area contributed by atoms with Crippen LogP contribution in [0.4, 0.5) is 17.1 Å². The highest BCUT2D eigenvalue weighted by molar-refractivity contribution is 6.12. The smallest absolute Gasteiger partial charge is 0.158 e. The average Bonchev–Trinajstić information content (AvgIpc) is 2.59. The Balaban J connectivity index is 2.61. The Morgan fingerprint density at radius 2 is 1.56 bits per heavy atom. The Hall–Kier alpha value is -2.36. The number of furan rings is 1. The predicted octanol–water partition coefficient (Wildman–Crippen LogP) is 2.33. The van der Waals surface area contributed by atoms with E-state index in [-0.39, 0.29) is 0 Å². The van der Waals surface area contributed by atoms with Crippen LogP contribution in [0.25, 0.3) is 21.9 Å². The maximum atomic E-state index is 5.86. The highest BCUT2D eigenvalue weighted by Gasteiger charge is 2.11. The van der Waals surface area contributed by atoms with Crippen LogP contribution in [-0.2, 0) is 0 Å². The van der Waals surface area contributed by atoms with Gasteiger partial charge in [0.15, 0.2) is 11.2 Å². The summed E-state index contributed by atoms with van der Waals surface area (Å²) in [5, 5.41) is 1.84. The van der Waals surface area contributed by atoms with Gasteiger partial charge < -0.3 is 21.6 Å². The lowest BCUT2D eigenvalue weighted by Gasteiger charge is -1.96. The van der Waals surface area contributed by atoms with Crippen LogP contribution in [0, 0.1) is 0 Å². The fourth-order valence-corrected chi connectivity index (χ4v) is 1.97. The van der Waals surface area contributed by atoms with Gasteiger partial charge in [0.25, 0.3) is 0 Å². The molecule has 3 rings (SSSR count). The molecule has 6 N–H and O–H groups in total. The van der Waals surface area contributed by atoms with Crippen molar-refractivity contribution >= 4 is 39.0 Å². The first kappa shape index (κ1) is 8.91. The van der Waals surface area contributed by atoms with Crippen molar-refractivity contribution in [3.63, 3.8) is 0 Å². The molecule has 4 nitrogen and oxygen atoms in total. The SMILES string of the molecule is Nc1cc(N)c2oc3c(N)cccc3c2c1. The van der Waals surface area contributed by atoms with E-state index >= 15 is 0 Å². The number of hydrogen-bond acceptors (Lipinski definition) is 4. The van der Waals surface area contributed by atoms with Gasteiger partial charge >= 0.3 is 0 Å². The Labute approximate surface area is 91.6 Å². The summed E-state index contributed by atoms with van der Waals surface area (Å²) in [6, 6.07) is 9.14. The summed E-state index contributed by atoms with van der Waals surface area (Å²) in [5.74, 6) is 0. The molecule has 80 valence electrons. The first-order chi connectivity index (χ1) is 7.66. The monoisotopic (exact) mass is 213 g/mol. The highest BCUT2D eigenvalue weighted by atomic mass is 16.3. The number of anilines is 3. The number of benzene rings is 2. The first-order valence-corrected chi connectivity index (χ1v) is 4.92. The van der Waals surface area contributed by atoms with Crippen molar-refractivity contribution in [1.29, 1.82) is 0 Å². The van der Waals surface area contributed by atoms with Crippen molar-refractivity contribution in [3.8, 4) is 0 Å². The fraction of sp³-hybridized carbons (Fsp3) is 0. The molecule has 1 aromatic heterocycles. The molecule has 0 fully saturated rings. The molecule has 0 unspecified atom stereocenters. The molecule has 0 bridgehead atoms. The molecule has 0 aliphatic rings. The number of nitrogens with two attached hydrogens (primary N) is 3. The van der Waals surface area contributed by atoms with E-state index in [2.05, 4.69) is 0 Å². The lowest BCUT2D eigenvalue weighted by atomic mass is 10.1. The third kappa shape index (κ3) is 1.04. The van der Waals surface area contributed by atoms with Crippen LogP contribution in [-0.4, -0.2) is 0 Å². The largest absolute Gasteiger partial charge is 0.452 e. The Kier molecular flexibility index (Phi) is 1.57. The molecule has 0 atom stereocenters. The van der Waals surface area contributed by atoms with Crippen LogP contribution in [0.15, 0.2) is 34.7 Å². The van der Waals surface area contributed by atoms with E-state index in [1.165, 1.54) is 0 Å². The quantitative estimate of drug-likeness (QED) is 0.500. The van der Waals surface area contributed by atoms with E-state index in [1.807, 2.05) is 18.2 Å². The van der Waals surface area contributed by atoms with E-state index < -0.39 is 0 Å². The van der Waals surface area contributed by atoms with E-state index in [9.17, 15) is 0 Å². The zero-order chi connectivity index (χ0) is 11.3. The van der Waals surface area contributed by atoms with Gasteiger partial charge in [-0.1, -0.05) is 12.1 Å². The summed E-state index contributed by atoms with van der Waals surface area (Å²) in [4.78, 5) is 0. The minimum atomic E-state index is 0.533. The van der Waals surface area contributed by atoms with Crippen molar-refractivity contribution in [2.45, 2.75) is 0 Å². The minimum Gasteiger partial charge on any atom is -0.452 e. The Morgan fingerprint density at radius 1 is 0.812 bits per heavy atom. The lowest BCUT2D eigenvalue weighted by Crippen LogP contribution is -1.89. The number of para-hydroxylation sites is 1. The summed E-state index contributed by atoms with van der Waals surface area (Å²) in [5.41, 5.74) is 20.5. The van der Waals surface area contributed by atoms with Crippen molar-refractivity contribution in [3.05, 3.63) is 30.3 Å². The molecule has 3 aromatic rings. The van der Waals surface area contributed by atoms with Gasteiger partial charge in [-0.3, -0.25) is 0 Å². The summed E-state index contributed by atoms with van der Waals surface area (Å²) >= 11 is 0. The third-order valence-electron chi connectivity index (χ3n) is 2.68. The Morgan fingerprint density at radius 3 is 2.38 bits per heavy atom. The standard InChI is InChI=1S/C12H11N3O/c13-6-4-8-7-2-1-3-9(14)11(7)16-12(8)10(15)5-6/h1-5H,13-15H2. The summed E-state index contributed by atoms with van der Waals surface area (Å²) in [7, 11) is 0. The van der Waals surface area contributed by atoms with Gasteiger partial charge in [-0.25, -0.2) is 0 Å². The number of fused-ring (bicyclic) bond motifs is 3. The minimum absolute atomic E-state index is 0.533. The van der Waals surface area contributed by atoms with Gasteiger partial charge in [0.1, 0.15) is 0 Å². The van der Waals surface area contributed by atoms with Gasteiger partial charge in [0.05, 0.1) is 11.4 Å². The van der Waals surface area contributed by atoms with Crippen molar-refractivity contribution in [2.24, 2.45) is 0 Å². The zero-order valence-corrected chi connectivity index (χ0v) is 8.53. The van der Waals surface area contributed by atoms with Gasteiger partial charge in [0.2, 0.25) is 0 Å². The predicted molar refractivity (Wildman–Crippen MR) is 67.0 cm³/mol. The van der Waals surface area contributed by atoms with Crippen LogP contribution < -0.4 is 17.2 Å². The second-order valence-corrected chi connectivity index (χ2v) is 3.81. The normalized spacial score (nSPS) is 11.2. The number of rotatable bonds is 0. The molecule has 0 saturated carbocycles. The second-order valence-electron chi connectivity index (χ2n) is 3.81. The van der Waals surface area contributed by atoms with Gasteiger partial charge in [-0.2, -0.15) is 0 Å². The number of nitrogen functional groups attached to an aromatic ring is 3. The molecule has 0 aliphatic carbocycles. The summed E-state index contributed by atoms with van der Waals surface area (Å²) < 4.78 is 5.66. The second kappa shape index (κ2) is 2.82. The molecule has 0 spiro atoms. The molecule has 1 heterocycles. The first-order valence-electron chi connectivity index (χ1n) is 4.92. The van der Waals surface area contributed by atoms with Crippen molar-refractivity contribution in [2.75, 3.05) is 17.2 Å². The van der Waals surface area contributed by atoms with Crippen molar-refractivity contribution < 1.29 is 4.42 Å². The van der Waals surface area contributed by atoms with Gasteiger partial charge in [-0.15, -0.1) is 0 Å². The van der Waals surface area contributed by atoms with Crippen molar-refractivity contribution in [1.82, 2.24) is 0 Å². The molecule has 4 heteroatoms. The van der Waals surface area contributed by atoms with E-state index in [1.54, 1.807) is 12.1 Å². The highest BCUT2D eigenvalue weighted by Crippen LogP contribution is 2.36. The third-order valence-corrected chi connectivity index (χ3v) is 2.68. The topological polar surface area (TPSA) is 91.2 Å². The van der Waals surface area contributed by atoms with Crippen LogP contribution in [0.5, 0.6) is 0 Å².